The molecule has 6 heteroatoms. The van der Waals surface area contributed by atoms with Gasteiger partial charge in [-0.05, 0) is 54.3 Å². The monoisotopic (exact) mass is 378 g/mol. The maximum absolute atomic E-state index is 12.8. The van der Waals surface area contributed by atoms with Gasteiger partial charge in [-0.3, -0.25) is 4.79 Å². The number of fused-ring (bicyclic) bond motifs is 1. The summed E-state index contributed by atoms with van der Waals surface area (Å²) in [5.74, 6) is 2.30. The minimum atomic E-state index is 0.0634. The summed E-state index contributed by atoms with van der Waals surface area (Å²) in [5.41, 5.74) is 3.59. The summed E-state index contributed by atoms with van der Waals surface area (Å²) >= 11 is 0. The van der Waals surface area contributed by atoms with E-state index in [0.29, 0.717) is 23.5 Å². The van der Waals surface area contributed by atoms with Crippen molar-refractivity contribution in [1.82, 2.24) is 9.78 Å². The Balaban J connectivity index is 1.69. The van der Waals surface area contributed by atoms with Gasteiger partial charge in [0.25, 0.3) is 0 Å². The first-order valence-electron chi connectivity index (χ1n) is 9.11. The standard InChI is InChI=1S/C22H22N2O4/c1-26-17-7-5-16(6-8-17)24-19-10-15(11-20(25)18(19)13-23-24)14-4-9-21(27-2)22(12-14)28-3/h4-9,12-13,15H,10-11H2,1-3H3/t15-/m1/s1. The fourth-order valence-corrected chi connectivity index (χ4v) is 3.73. The van der Waals surface area contributed by atoms with Crippen LogP contribution in [0.5, 0.6) is 17.2 Å². The number of aromatic nitrogens is 2. The highest BCUT2D eigenvalue weighted by molar-refractivity contribution is 5.98. The van der Waals surface area contributed by atoms with Gasteiger partial charge in [-0.2, -0.15) is 5.10 Å². The molecule has 0 N–H and O–H groups in total. The van der Waals surface area contributed by atoms with Gasteiger partial charge in [0.05, 0.1) is 44.5 Å². The number of ketones is 1. The maximum Gasteiger partial charge on any atom is 0.166 e. The molecule has 3 aromatic rings. The number of nitrogens with zero attached hydrogens (tertiary/aromatic N) is 2. The van der Waals surface area contributed by atoms with E-state index < -0.39 is 0 Å². The van der Waals surface area contributed by atoms with Crippen LogP contribution in [-0.4, -0.2) is 36.9 Å². The van der Waals surface area contributed by atoms with Crippen molar-refractivity contribution in [2.45, 2.75) is 18.8 Å². The lowest BCUT2D eigenvalue weighted by atomic mass is 9.82. The van der Waals surface area contributed by atoms with Crippen molar-refractivity contribution in [1.29, 1.82) is 0 Å². The second-order valence-electron chi connectivity index (χ2n) is 6.76. The van der Waals surface area contributed by atoms with E-state index in [2.05, 4.69) is 5.10 Å². The number of benzene rings is 2. The quantitative estimate of drug-likeness (QED) is 0.676. The first kappa shape index (κ1) is 18.1. The largest absolute Gasteiger partial charge is 0.497 e. The SMILES string of the molecule is COc1ccc(-n2ncc3c2C[C@@H](c2ccc(OC)c(OC)c2)CC3=O)cc1. The van der Waals surface area contributed by atoms with Crippen LogP contribution in [0.4, 0.5) is 0 Å². The van der Waals surface area contributed by atoms with Crippen molar-refractivity contribution in [3.8, 4) is 22.9 Å². The minimum Gasteiger partial charge on any atom is -0.497 e. The molecule has 2 aromatic carbocycles. The van der Waals surface area contributed by atoms with Gasteiger partial charge in [0.2, 0.25) is 0 Å². The van der Waals surface area contributed by atoms with Crippen LogP contribution >= 0.6 is 0 Å². The van der Waals surface area contributed by atoms with E-state index in [4.69, 9.17) is 14.2 Å². The van der Waals surface area contributed by atoms with E-state index >= 15 is 0 Å². The summed E-state index contributed by atoms with van der Waals surface area (Å²) in [5, 5.41) is 4.47. The third kappa shape index (κ3) is 3.11. The Morgan fingerprint density at radius 3 is 2.36 bits per heavy atom. The Hall–Kier alpha value is -3.28. The molecular formula is C22H22N2O4. The van der Waals surface area contributed by atoms with E-state index in [9.17, 15) is 4.79 Å². The van der Waals surface area contributed by atoms with E-state index in [1.165, 1.54) is 0 Å². The highest BCUT2D eigenvalue weighted by Crippen LogP contribution is 2.37. The Morgan fingerprint density at radius 1 is 0.929 bits per heavy atom. The summed E-state index contributed by atoms with van der Waals surface area (Å²) in [6.45, 7) is 0. The zero-order chi connectivity index (χ0) is 19.7. The van der Waals surface area contributed by atoms with Gasteiger partial charge < -0.3 is 14.2 Å². The lowest BCUT2D eigenvalue weighted by Gasteiger charge is -2.23. The first-order chi connectivity index (χ1) is 13.6. The van der Waals surface area contributed by atoms with E-state index in [-0.39, 0.29) is 11.7 Å². The summed E-state index contributed by atoms with van der Waals surface area (Å²) in [7, 11) is 4.86. The first-order valence-corrected chi connectivity index (χ1v) is 9.11. The maximum atomic E-state index is 12.8. The molecule has 0 fully saturated rings. The Labute approximate surface area is 163 Å². The average Bonchev–Trinajstić information content (AvgIpc) is 3.18. The lowest BCUT2D eigenvalue weighted by Crippen LogP contribution is -2.20. The number of ether oxygens (including phenoxy) is 3. The van der Waals surface area contributed by atoms with Crippen molar-refractivity contribution in [3.63, 3.8) is 0 Å². The highest BCUT2D eigenvalue weighted by Gasteiger charge is 2.30. The molecule has 1 atom stereocenters. The third-order valence-corrected chi connectivity index (χ3v) is 5.24. The fraction of sp³-hybridized carbons (Fsp3) is 0.273. The van der Waals surface area contributed by atoms with Gasteiger partial charge in [0, 0.05) is 6.42 Å². The second-order valence-corrected chi connectivity index (χ2v) is 6.76. The van der Waals surface area contributed by atoms with Crippen LogP contribution in [0, 0.1) is 0 Å². The zero-order valence-electron chi connectivity index (χ0n) is 16.1. The Morgan fingerprint density at radius 2 is 1.68 bits per heavy atom. The normalized spacial score (nSPS) is 15.8. The van der Waals surface area contributed by atoms with Gasteiger partial charge in [0.15, 0.2) is 17.3 Å². The molecule has 0 radical (unpaired) electrons. The number of carbonyl (C=O) groups excluding carboxylic acids is 1. The van der Waals surface area contributed by atoms with E-state index in [1.807, 2.05) is 47.1 Å². The fourth-order valence-electron chi connectivity index (χ4n) is 3.73. The predicted octanol–water partition coefficient (Wildman–Crippen LogP) is 3.81. The second kappa shape index (κ2) is 7.38. The molecule has 0 unspecified atom stereocenters. The van der Waals surface area contributed by atoms with Crippen molar-refractivity contribution in [2.75, 3.05) is 21.3 Å². The molecule has 0 aliphatic heterocycles. The van der Waals surface area contributed by atoms with Gasteiger partial charge >= 0.3 is 0 Å². The van der Waals surface area contributed by atoms with Gasteiger partial charge in [0.1, 0.15) is 5.75 Å². The number of hydrogen-bond donors (Lipinski definition) is 0. The molecule has 0 bridgehead atoms. The molecule has 1 aliphatic carbocycles. The molecule has 0 saturated heterocycles. The minimum absolute atomic E-state index is 0.0634. The lowest BCUT2D eigenvalue weighted by molar-refractivity contribution is 0.0963. The van der Waals surface area contributed by atoms with Crippen LogP contribution in [0.25, 0.3) is 5.69 Å². The molecule has 4 rings (SSSR count). The molecule has 0 amide bonds. The predicted molar refractivity (Wildman–Crippen MR) is 105 cm³/mol. The summed E-state index contributed by atoms with van der Waals surface area (Å²) < 4.78 is 17.8. The van der Waals surface area contributed by atoms with Crippen LogP contribution in [0.15, 0.2) is 48.7 Å². The molecule has 0 saturated carbocycles. The van der Waals surface area contributed by atoms with Gasteiger partial charge in [-0.1, -0.05) is 6.07 Å². The highest BCUT2D eigenvalue weighted by atomic mass is 16.5. The van der Waals surface area contributed by atoms with Crippen LogP contribution in [0.3, 0.4) is 0 Å². The Bertz CT molecular complexity index is 1010. The van der Waals surface area contributed by atoms with E-state index in [0.717, 1.165) is 29.1 Å². The van der Waals surface area contributed by atoms with Crippen molar-refractivity contribution >= 4 is 5.78 Å². The van der Waals surface area contributed by atoms with Crippen molar-refractivity contribution in [3.05, 3.63) is 65.5 Å². The van der Waals surface area contributed by atoms with Gasteiger partial charge in [-0.15, -0.1) is 0 Å². The number of Topliss-reactive ketones (excluding diaryl/α,β-unsaturated/α-hetero) is 1. The number of methoxy groups -OCH3 is 3. The number of carbonyl (C=O) groups is 1. The topological polar surface area (TPSA) is 62.6 Å². The molecule has 1 heterocycles. The van der Waals surface area contributed by atoms with E-state index in [1.54, 1.807) is 27.5 Å². The molecular weight excluding hydrogens is 356 g/mol. The summed E-state index contributed by atoms with van der Waals surface area (Å²) in [4.78, 5) is 12.8. The molecule has 6 nitrogen and oxygen atoms in total. The van der Waals surface area contributed by atoms with Crippen LogP contribution in [-0.2, 0) is 6.42 Å². The summed E-state index contributed by atoms with van der Waals surface area (Å²) in [6, 6.07) is 13.5. The number of hydrogen-bond acceptors (Lipinski definition) is 5. The van der Waals surface area contributed by atoms with Crippen LogP contribution in [0.1, 0.15) is 34.0 Å². The third-order valence-electron chi connectivity index (χ3n) is 5.24. The zero-order valence-corrected chi connectivity index (χ0v) is 16.1. The van der Waals surface area contributed by atoms with Crippen molar-refractivity contribution < 1.29 is 19.0 Å². The molecule has 0 spiro atoms. The van der Waals surface area contributed by atoms with Crippen LogP contribution in [0.2, 0.25) is 0 Å². The van der Waals surface area contributed by atoms with Crippen LogP contribution < -0.4 is 14.2 Å². The molecule has 28 heavy (non-hydrogen) atoms. The van der Waals surface area contributed by atoms with Crippen molar-refractivity contribution in [2.24, 2.45) is 0 Å². The average molecular weight is 378 g/mol. The van der Waals surface area contributed by atoms with Gasteiger partial charge in [-0.25, -0.2) is 4.68 Å². The molecule has 1 aromatic heterocycles. The summed E-state index contributed by atoms with van der Waals surface area (Å²) in [6.07, 6.45) is 2.85. The molecule has 144 valence electrons. The number of rotatable bonds is 5. The smallest absolute Gasteiger partial charge is 0.166 e. The Kier molecular flexibility index (Phi) is 4.77. The molecule has 1 aliphatic rings.